The molecule has 1 aromatic heterocycles. The fourth-order valence-electron chi connectivity index (χ4n) is 2.84. The Morgan fingerprint density at radius 2 is 1.38 bits per heavy atom. The lowest BCUT2D eigenvalue weighted by atomic mass is 9.92. The molecule has 0 atom stereocenters. The summed E-state index contributed by atoms with van der Waals surface area (Å²) in [4.78, 5) is 3.93. The largest absolute Gasteiger partial charge is 0.416 e. The molecule has 0 fully saturated rings. The normalized spacial score (nSPS) is 11.0. The van der Waals surface area contributed by atoms with Gasteiger partial charge in [-0.25, -0.2) is 13.8 Å². The highest BCUT2D eigenvalue weighted by Gasteiger charge is 2.30. The Labute approximate surface area is 161 Å². The van der Waals surface area contributed by atoms with Crippen LogP contribution in [0.1, 0.15) is 16.7 Å². The van der Waals surface area contributed by atoms with Crippen LogP contribution in [0.4, 0.5) is 27.8 Å². The van der Waals surface area contributed by atoms with Gasteiger partial charge in [0.1, 0.15) is 35.2 Å². The summed E-state index contributed by atoms with van der Waals surface area (Å²) in [7, 11) is 0. The molecule has 9 heteroatoms. The highest BCUT2D eigenvalue weighted by atomic mass is 19.4. The van der Waals surface area contributed by atoms with Crippen LogP contribution in [-0.2, 0) is 6.18 Å². The summed E-state index contributed by atoms with van der Waals surface area (Å²) in [5, 5.41) is 19.1. The second-order valence-electron chi connectivity index (χ2n) is 5.93. The summed E-state index contributed by atoms with van der Waals surface area (Å²) in [6, 6.07) is 9.79. The third-order valence-electron chi connectivity index (χ3n) is 4.09. The maximum atomic E-state index is 13.6. The first-order valence-electron chi connectivity index (χ1n) is 7.93. The summed E-state index contributed by atoms with van der Waals surface area (Å²) in [5.41, 5.74) is 4.11. The second-order valence-corrected chi connectivity index (χ2v) is 5.93. The minimum absolute atomic E-state index is 0.0732. The Morgan fingerprint density at radius 3 is 1.86 bits per heavy atom. The molecule has 0 unspecified atom stereocenters. The smallest absolute Gasteiger partial charge is 0.383 e. The van der Waals surface area contributed by atoms with E-state index in [-0.39, 0.29) is 39.3 Å². The van der Waals surface area contributed by atoms with Crippen LogP contribution in [0.5, 0.6) is 0 Å². The fraction of sp³-hybridized carbons (Fsp3) is 0.0500. The summed E-state index contributed by atoms with van der Waals surface area (Å²) in [6.45, 7) is 0. The van der Waals surface area contributed by atoms with Crippen molar-refractivity contribution in [2.45, 2.75) is 6.18 Å². The topological polar surface area (TPSA) is 86.5 Å². The molecule has 0 bridgehead atoms. The zero-order valence-electron chi connectivity index (χ0n) is 14.4. The molecule has 1 heterocycles. The lowest BCUT2D eigenvalue weighted by molar-refractivity contribution is -0.137. The first-order chi connectivity index (χ1) is 13.7. The predicted octanol–water partition coefficient (Wildman–Crippen LogP) is 5.04. The highest BCUT2D eigenvalue weighted by molar-refractivity contribution is 5.87. The zero-order chi connectivity index (χ0) is 21.3. The molecule has 0 spiro atoms. The van der Waals surface area contributed by atoms with Crippen molar-refractivity contribution in [3.05, 3.63) is 70.8 Å². The number of aromatic nitrogens is 1. The molecule has 0 aliphatic carbocycles. The molecule has 3 rings (SSSR count). The van der Waals surface area contributed by atoms with Gasteiger partial charge in [-0.05, 0) is 29.8 Å². The molecule has 29 heavy (non-hydrogen) atoms. The first-order valence-corrected chi connectivity index (χ1v) is 7.93. The van der Waals surface area contributed by atoms with E-state index in [2.05, 4.69) is 4.98 Å². The standard InChI is InChI=1S/C20H9F5N4/c21-13-5-11(6-14(22)7-13)18-15(8-26)17(16(9-27)19(28)29-18)10-1-3-12(4-2-10)20(23,24)25/h1-7H,(H2,28,29). The summed E-state index contributed by atoms with van der Waals surface area (Å²) in [5.74, 6) is -2.18. The van der Waals surface area contributed by atoms with E-state index in [0.717, 1.165) is 36.4 Å². The molecule has 144 valence electrons. The Balaban J connectivity index is 2.33. The molecule has 0 radical (unpaired) electrons. The van der Waals surface area contributed by atoms with Crippen LogP contribution in [0.25, 0.3) is 22.4 Å². The van der Waals surface area contributed by atoms with Crippen molar-refractivity contribution in [3.63, 3.8) is 0 Å². The average Bonchev–Trinajstić information content (AvgIpc) is 2.65. The van der Waals surface area contributed by atoms with Crippen molar-refractivity contribution >= 4 is 5.82 Å². The number of alkyl halides is 3. The second kappa shape index (κ2) is 7.21. The van der Waals surface area contributed by atoms with Crippen LogP contribution < -0.4 is 5.73 Å². The third kappa shape index (κ3) is 3.71. The maximum Gasteiger partial charge on any atom is 0.416 e. The van der Waals surface area contributed by atoms with Crippen LogP contribution in [0.2, 0.25) is 0 Å². The maximum absolute atomic E-state index is 13.6. The number of benzene rings is 2. The molecule has 2 aromatic carbocycles. The highest BCUT2D eigenvalue weighted by Crippen LogP contribution is 2.37. The summed E-state index contributed by atoms with van der Waals surface area (Å²) < 4.78 is 65.8. The average molecular weight is 400 g/mol. The lowest BCUT2D eigenvalue weighted by Crippen LogP contribution is -2.06. The van der Waals surface area contributed by atoms with Gasteiger partial charge >= 0.3 is 6.18 Å². The molecule has 0 saturated carbocycles. The molecular formula is C20H9F5N4. The van der Waals surface area contributed by atoms with E-state index >= 15 is 0 Å². The van der Waals surface area contributed by atoms with Gasteiger partial charge in [0.25, 0.3) is 0 Å². The molecule has 0 saturated heterocycles. The monoisotopic (exact) mass is 400 g/mol. The summed E-state index contributed by atoms with van der Waals surface area (Å²) in [6.07, 6.45) is -4.57. The number of pyridine rings is 1. The zero-order valence-corrected chi connectivity index (χ0v) is 14.4. The molecule has 0 amide bonds. The van der Waals surface area contributed by atoms with Gasteiger partial charge in [-0.15, -0.1) is 0 Å². The fourth-order valence-corrected chi connectivity index (χ4v) is 2.84. The number of nitriles is 2. The third-order valence-corrected chi connectivity index (χ3v) is 4.09. The van der Waals surface area contributed by atoms with E-state index in [1.165, 1.54) is 0 Å². The van der Waals surface area contributed by atoms with E-state index in [1.54, 1.807) is 6.07 Å². The van der Waals surface area contributed by atoms with Gasteiger partial charge < -0.3 is 5.73 Å². The first kappa shape index (κ1) is 19.8. The molecule has 4 nitrogen and oxygen atoms in total. The van der Waals surface area contributed by atoms with Crippen LogP contribution in [0, 0.1) is 34.3 Å². The number of anilines is 1. The van der Waals surface area contributed by atoms with E-state index in [9.17, 15) is 32.5 Å². The molecule has 0 aliphatic rings. The van der Waals surface area contributed by atoms with Gasteiger partial charge in [0.15, 0.2) is 0 Å². The van der Waals surface area contributed by atoms with Crippen molar-refractivity contribution in [1.82, 2.24) is 4.98 Å². The van der Waals surface area contributed by atoms with Crippen LogP contribution in [-0.4, -0.2) is 4.98 Å². The number of nitrogen functional groups attached to an aromatic ring is 1. The minimum atomic E-state index is -4.57. The van der Waals surface area contributed by atoms with Crippen molar-refractivity contribution in [1.29, 1.82) is 10.5 Å². The predicted molar refractivity (Wildman–Crippen MR) is 93.9 cm³/mol. The molecular weight excluding hydrogens is 391 g/mol. The van der Waals surface area contributed by atoms with Gasteiger partial charge in [-0.2, -0.15) is 23.7 Å². The van der Waals surface area contributed by atoms with E-state index in [1.807, 2.05) is 6.07 Å². The van der Waals surface area contributed by atoms with E-state index in [0.29, 0.717) is 6.07 Å². The molecule has 0 aliphatic heterocycles. The van der Waals surface area contributed by atoms with Gasteiger partial charge in [-0.1, -0.05) is 12.1 Å². The number of hydrogen-bond donors (Lipinski definition) is 1. The van der Waals surface area contributed by atoms with Gasteiger partial charge in [0.2, 0.25) is 0 Å². The van der Waals surface area contributed by atoms with Crippen LogP contribution in [0.15, 0.2) is 42.5 Å². The van der Waals surface area contributed by atoms with Crippen molar-refractivity contribution in [3.8, 4) is 34.5 Å². The number of nitrogens with zero attached hydrogens (tertiary/aromatic N) is 3. The Kier molecular flexibility index (Phi) is 4.92. The van der Waals surface area contributed by atoms with Gasteiger partial charge in [-0.3, -0.25) is 0 Å². The quantitative estimate of drug-likeness (QED) is 0.611. The Bertz CT molecular complexity index is 1170. The minimum Gasteiger partial charge on any atom is -0.383 e. The number of halogens is 5. The van der Waals surface area contributed by atoms with E-state index in [4.69, 9.17) is 5.73 Å². The number of nitrogens with two attached hydrogens (primary N) is 1. The van der Waals surface area contributed by atoms with Crippen LogP contribution >= 0.6 is 0 Å². The lowest BCUT2D eigenvalue weighted by Gasteiger charge is -2.14. The van der Waals surface area contributed by atoms with Crippen molar-refractivity contribution in [2.75, 3.05) is 5.73 Å². The van der Waals surface area contributed by atoms with Gasteiger partial charge in [0, 0.05) is 17.2 Å². The number of rotatable bonds is 2. The number of hydrogen-bond acceptors (Lipinski definition) is 4. The van der Waals surface area contributed by atoms with E-state index < -0.39 is 23.4 Å². The van der Waals surface area contributed by atoms with Crippen LogP contribution in [0.3, 0.4) is 0 Å². The Hall–Kier alpha value is -3.98. The summed E-state index contributed by atoms with van der Waals surface area (Å²) >= 11 is 0. The van der Waals surface area contributed by atoms with Gasteiger partial charge in [0.05, 0.1) is 16.8 Å². The Morgan fingerprint density at radius 1 is 0.828 bits per heavy atom. The molecule has 3 aromatic rings. The molecule has 2 N–H and O–H groups in total. The van der Waals surface area contributed by atoms with Crippen molar-refractivity contribution in [2.24, 2.45) is 0 Å². The SMILES string of the molecule is N#Cc1c(N)nc(-c2cc(F)cc(F)c2)c(C#N)c1-c1ccc(C(F)(F)F)cc1. The van der Waals surface area contributed by atoms with Crippen molar-refractivity contribution < 1.29 is 22.0 Å².